The van der Waals surface area contributed by atoms with Crippen molar-refractivity contribution in [3.8, 4) is 0 Å². The van der Waals surface area contributed by atoms with Crippen LogP contribution in [0.1, 0.15) is 16.8 Å². The van der Waals surface area contributed by atoms with Crippen molar-refractivity contribution in [2.45, 2.75) is 13.8 Å². The summed E-state index contributed by atoms with van der Waals surface area (Å²) in [7, 11) is 2.11. The number of hydrogen-bond acceptors (Lipinski definition) is 0. The van der Waals surface area contributed by atoms with Crippen molar-refractivity contribution in [3.05, 3.63) is 47.7 Å². The molecule has 0 amide bonds. The van der Waals surface area contributed by atoms with E-state index in [1.165, 1.54) is 33.5 Å². The second-order valence-electron chi connectivity index (χ2n) is 4.63. The number of imidazole rings is 1. The Morgan fingerprint density at radius 3 is 2.59 bits per heavy atom. The second kappa shape index (κ2) is 3.27. The summed E-state index contributed by atoms with van der Waals surface area (Å²) in [6.45, 7) is 8.15. The molecule has 3 aromatic rings. The SMILES string of the molecule is C=Cc1cc2n(C)c3ccc(C)cc3n2c1C. The molecule has 0 unspecified atom stereocenters. The molecule has 3 rings (SSSR count). The van der Waals surface area contributed by atoms with Crippen LogP contribution in [0, 0.1) is 13.8 Å². The molecule has 0 N–H and O–H groups in total. The molecule has 17 heavy (non-hydrogen) atoms. The molecule has 0 spiro atoms. The summed E-state index contributed by atoms with van der Waals surface area (Å²) in [6, 6.07) is 8.77. The van der Waals surface area contributed by atoms with Gasteiger partial charge in [0, 0.05) is 12.7 Å². The van der Waals surface area contributed by atoms with E-state index in [0.717, 1.165) is 0 Å². The highest BCUT2D eigenvalue weighted by atomic mass is 15.1. The van der Waals surface area contributed by atoms with Gasteiger partial charge in [-0.25, -0.2) is 0 Å². The van der Waals surface area contributed by atoms with E-state index in [1.54, 1.807) is 0 Å². The molecule has 2 heteroatoms. The Kier molecular flexibility index (Phi) is 1.96. The fourth-order valence-corrected chi connectivity index (χ4v) is 2.59. The standard InChI is InChI=1S/C15H16N2/c1-5-12-9-15-16(4)13-7-6-10(2)8-14(13)17(15)11(12)3/h5-9H,1H2,2-4H3. The van der Waals surface area contributed by atoms with Crippen LogP contribution in [0.3, 0.4) is 0 Å². The molecule has 0 aliphatic heterocycles. The quantitative estimate of drug-likeness (QED) is 0.596. The Morgan fingerprint density at radius 1 is 1.12 bits per heavy atom. The third-order valence-corrected chi connectivity index (χ3v) is 3.56. The van der Waals surface area contributed by atoms with Crippen molar-refractivity contribution in [3.63, 3.8) is 0 Å². The highest BCUT2D eigenvalue weighted by molar-refractivity contribution is 5.84. The number of hydrogen-bond donors (Lipinski definition) is 0. The summed E-state index contributed by atoms with van der Waals surface area (Å²) < 4.78 is 4.54. The number of fused-ring (bicyclic) bond motifs is 3. The van der Waals surface area contributed by atoms with E-state index in [4.69, 9.17) is 0 Å². The highest BCUT2D eigenvalue weighted by Crippen LogP contribution is 2.26. The molecule has 2 heterocycles. The first-order valence-electron chi connectivity index (χ1n) is 5.83. The Balaban J connectivity index is 2.60. The molecule has 86 valence electrons. The average Bonchev–Trinajstić information content (AvgIpc) is 2.77. The summed E-state index contributed by atoms with van der Waals surface area (Å²) in [5, 5.41) is 0. The number of rotatable bonds is 1. The van der Waals surface area contributed by atoms with Gasteiger partial charge >= 0.3 is 0 Å². The van der Waals surface area contributed by atoms with Crippen LogP contribution in [0.5, 0.6) is 0 Å². The lowest BCUT2D eigenvalue weighted by atomic mass is 10.2. The minimum atomic E-state index is 1.21. The van der Waals surface area contributed by atoms with Crippen LogP contribution in [0.25, 0.3) is 22.8 Å². The number of aryl methyl sites for hydroxylation is 3. The van der Waals surface area contributed by atoms with Gasteiger partial charge in [-0.15, -0.1) is 0 Å². The van der Waals surface area contributed by atoms with Gasteiger partial charge < -0.3 is 4.57 Å². The van der Waals surface area contributed by atoms with Crippen molar-refractivity contribution in [1.29, 1.82) is 0 Å². The molecule has 2 nitrogen and oxygen atoms in total. The molecule has 0 atom stereocenters. The van der Waals surface area contributed by atoms with Gasteiger partial charge in [0.15, 0.2) is 0 Å². The monoisotopic (exact) mass is 224 g/mol. The third-order valence-electron chi connectivity index (χ3n) is 3.56. The lowest BCUT2D eigenvalue weighted by Crippen LogP contribution is -1.85. The Hall–Kier alpha value is -1.96. The molecule has 2 aromatic heterocycles. The van der Waals surface area contributed by atoms with Gasteiger partial charge in [0.05, 0.1) is 11.0 Å². The average molecular weight is 224 g/mol. The van der Waals surface area contributed by atoms with Crippen molar-refractivity contribution >= 4 is 22.8 Å². The first-order chi connectivity index (χ1) is 8.13. The molecule has 0 aliphatic carbocycles. The third kappa shape index (κ3) is 1.21. The van der Waals surface area contributed by atoms with E-state index in [-0.39, 0.29) is 0 Å². The van der Waals surface area contributed by atoms with E-state index in [2.05, 4.69) is 60.7 Å². The van der Waals surface area contributed by atoms with Crippen LogP contribution in [-0.4, -0.2) is 8.97 Å². The molecule has 0 fully saturated rings. The maximum Gasteiger partial charge on any atom is 0.118 e. The van der Waals surface area contributed by atoms with Gasteiger partial charge in [0.25, 0.3) is 0 Å². The van der Waals surface area contributed by atoms with Crippen LogP contribution in [0.15, 0.2) is 30.8 Å². The first kappa shape index (κ1) is 10.2. The normalized spacial score (nSPS) is 11.5. The van der Waals surface area contributed by atoms with Gasteiger partial charge in [0.1, 0.15) is 5.65 Å². The molecular formula is C15H16N2. The predicted molar refractivity (Wildman–Crippen MR) is 73.4 cm³/mol. The fraction of sp³-hybridized carbons (Fsp3) is 0.200. The minimum absolute atomic E-state index is 1.21. The molecule has 1 aromatic carbocycles. The molecule has 0 radical (unpaired) electrons. The zero-order valence-electron chi connectivity index (χ0n) is 10.5. The van der Waals surface area contributed by atoms with Gasteiger partial charge in [-0.1, -0.05) is 18.7 Å². The molecule has 0 saturated heterocycles. The Labute approximate surface area is 101 Å². The molecule has 0 saturated carbocycles. The van der Waals surface area contributed by atoms with Crippen LogP contribution in [0.4, 0.5) is 0 Å². The lowest BCUT2D eigenvalue weighted by molar-refractivity contribution is 0.988. The van der Waals surface area contributed by atoms with Gasteiger partial charge in [-0.3, -0.25) is 4.40 Å². The van der Waals surface area contributed by atoms with E-state index >= 15 is 0 Å². The minimum Gasteiger partial charge on any atom is -0.329 e. The topological polar surface area (TPSA) is 9.34 Å². The largest absolute Gasteiger partial charge is 0.329 e. The number of benzene rings is 1. The van der Waals surface area contributed by atoms with Gasteiger partial charge in [0.2, 0.25) is 0 Å². The predicted octanol–water partition coefficient (Wildman–Crippen LogP) is 3.69. The summed E-state index contributed by atoms with van der Waals surface area (Å²) in [4.78, 5) is 0. The van der Waals surface area contributed by atoms with E-state index in [0.29, 0.717) is 0 Å². The summed E-state index contributed by atoms with van der Waals surface area (Å²) in [5.41, 5.74) is 7.51. The smallest absolute Gasteiger partial charge is 0.118 e. The summed E-state index contributed by atoms with van der Waals surface area (Å²) >= 11 is 0. The summed E-state index contributed by atoms with van der Waals surface area (Å²) in [6.07, 6.45) is 1.92. The zero-order valence-corrected chi connectivity index (χ0v) is 10.5. The van der Waals surface area contributed by atoms with E-state index in [9.17, 15) is 0 Å². The van der Waals surface area contributed by atoms with E-state index in [1.807, 2.05) is 6.08 Å². The van der Waals surface area contributed by atoms with E-state index < -0.39 is 0 Å². The second-order valence-corrected chi connectivity index (χ2v) is 4.63. The van der Waals surface area contributed by atoms with Crippen molar-refractivity contribution in [2.75, 3.05) is 0 Å². The molecule has 0 bridgehead atoms. The Bertz CT molecular complexity index is 741. The Morgan fingerprint density at radius 2 is 1.88 bits per heavy atom. The van der Waals surface area contributed by atoms with Crippen LogP contribution in [0.2, 0.25) is 0 Å². The highest BCUT2D eigenvalue weighted by Gasteiger charge is 2.12. The maximum atomic E-state index is 3.87. The van der Waals surface area contributed by atoms with Gasteiger partial charge in [-0.2, -0.15) is 0 Å². The maximum absolute atomic E-state index is 3.87. The van der Waals surface area contributed by atoms with Crippen molar-refractivity contribution in [2.24, 2.45) is 7.05 Å². The number of nitrogens with zero attached hydrogens (tertiary/aromatic N) is 2. The molecule has 0 aliphatic rings. The van der Waals surface area contributed by atoms with Gasteiger partial charge in [-0.05, 0) is 43.2 Å². The lowest BCUT2D eigenvalue weighted by Gasteiger charge is -1.98. The van der Waals surface area contributed by atoms with Crippen LogP contribution < -0.4 is 0 Å². The van der Waals surface area contributed by atoms with Crippen molar-refractivity contribution in [1.82, 2.24) is 8.97 Å². The number of aromatic nitrogens is 2. The van der Waals surface area contributed by atoms with Crippen LogP contribution in [-0.2, 0) is 7.05 Å². The van der Waals surface area contributed by atoms with Crippen molar-refractivity contribution < 1.29 is 0 Å². The zero-order chi connectivity index (χ0) is 12.2. The summed E-state index contributed by atoms with van der Waals surface area (Å²) in [5.74, 6) is 0. The molecular weight excluding hydrogens is 208 g/mol. The fourth-order valence-electron chi connectivity index (χ4n) is 2.59. The first-order valence-corrected chi connectivity index (χ1v) is 5.83. The van der Waals surface area contributed by atoms with Crippen LogP contribution >= 0.6 is 0 Å².